The highest BCUT2D eigenvalue weighted by molar-refractivity contribution is 7.15. The molecule has 3 rings (SSSR count). The Morgan fingerprint density at radius 2 is 1.93 bits per heavy atom. The predicted molar refractivity (Wildman–Crippen MR) is 97.6 cm³/mol. The van der Waals surface area contributed by atoms with Crippen LogP contribution in [-0.4, -0.2) is 15.9 Å². The summed E-state index contributed by atoms with van der Waals surface area (Å²) in [5, 5.41) is 3.16. The number of anilines is 1. The molecular weight excluding hydrogens is 375 g/mol. The largest absolute Gasteiger partial charge is 0.416 e. The second-order valence-corrected chi connectivity index (χ2v) is 7.03. The van der Waals surface area contributed by atoms with Crippen LogP contribution in [0.3, 0.4) is 0 Å². The number of alkyl halides is 3. The molecule has 0 bridgehead atoms. The fraction of sp³-hybridized carbons (Fsp3) is 0.211. The molecule has 0 aliphatic carbocycles. The molecule has 2 heterocycles. The van der Waals surface area contributed by atoms with Gasteiger partial charge in [0.2, 0.25) is 5.91 Å². The maximum atomic E-state index is 12.8. The van der Waals surface area contributed by atoms with Crippen LogP contribution in [0, 0.1) is 0 Å². The van der Waals surface area contributed by atoms with E-state index in [9.17, 15) is 18.0 Å². The van der Waals surface area contributed by atoms with Gasteiger partial charge in [-0.15, -0.1) is 11.3 Å². The normalized spacial score (nSPS) is 11.4. The Kier molecular flexibility index (Phi) is 5.85. The number of pyridine rings is 1. The number of carbonyl (C=O) groups excluding carboxylic acids is 1. The summed E-state index contributed by atoms with van der Waals surface area (Å²) in [6.45, 7) is 0. The van der Waals surface area contributed by atoms with E-state index < -0.39 is 11.7 Å². The van der Waals surface area contributed by atoms with E-state index in [1.165, 1.54) is 17.4 Å². The number of aromatic nitrogens is 2. The topological polar surface area (TPSA) is 54.9 Å². The number of nitrogens with one attached hydrogen (secondary N) is 1. The maximum absolute atomic E-state index is 12.8. The Hall–Kier alpha value is -2.74. The van der Waals surface area contributed by atoms with Crippen LogP contribution in [0.5, 0.6) is 0 Å². The van der Waals surface area contributed by atoms with Gasteiger partial charge in [-0.25, -0.2) is 4.98 Å². The van der Waals surface area contributed by atoms with Crippen molar-refractivity contribution in [2.24, 2.45) is 0 Å². The molecule has 140 valence electrons. The van der Waals surface area contributed by atoms with E-state index in [1.54, 1.807) is 24.7 Å². The fourth-order valence-corrected chi connectivity index (χ4v) is 3.35. The molecule has 2 aromatic heterocycles. The molecule has 1 N–H and O–H groups in total. The van der Waals surface area contributed by atoms with Gasteiger partial charge in [-0.3, -0.25) is 9.78 Å². The number of hydrogen-bond acceptors (Lipinski definition) is 4. The van der Waals surface area contributed by atoms with Gasteiger partial charge in [0.05, 0.1) is 5.56 Å². The van der Waals surface area contributed by atoms with Crippen molar-refractivity contribution < 1.29 is 18.0 Å². The van der Waals surface area contributed by atoms with Crippen LogP contribution < -0.4 is 5.32 Å². The first-order chi connectivity index (χ1) is 12.9. The minimum atomic E-state index is -4.36. The third kappa shape index (κ3) is 5.62. The van der Waals surface area contributed by atoms with Crippen LogP contribution in [-0.2, 0) is 23.8 Å². The van der Waals surface area contributed by atoms with Gasteiger partial charge in [-0.05, 0) is 29.7 Å². The summed E-state index contributed by atoms with van der Waals surface area (Å²) in [6, 6.07) is 8.92. The van der Waals surface area contributed by atoms with Crippen LogP contribution in [0.4, 0.5) is 18.3 Å². The predicted octanol–water partition coefficient (Wildman–Crippen LogP) is 4.72. The average molecular weight is 391 g/mol. The summed E-state index contributed by atoms with van der Waals surface area (Å²) in [7, 11) is 0. The zero-order chi connectivity index (χ0) is 19.3. The zero-order valence-electron chi connectivity index (χ0n) is 14.2. The third-order valence-corrected chi connectivity index (χ3v) is 4.71. The minimum absolute atomic E-state index is 0.168. The van der Waals surface area contributed by atoms with Gasteiger partial charge < -0.3 is 5.32 Å². The molecule has 27 heavy (non-hydrogen) atoms. The molecule has 3 aromatic rings. The number of rotatable bonds is 6. The van der Waals surface area contributed by atoms with Crippen molar-refractivity contribution in [3.63, 3.8) is 0 Å². The van der Waals surface area contributed by atoms with Crippen LogP contribution in [0.1, 0.15) is 28.0 Å². The summed E-state index contributed by atoms with van der Waals surface area (Å²) < 4.78 is 38.4. The van der Waals surface area contributed by atoms with E-state index in [0.29, 0.717) is 30.0 Å². The van der Waals surface area contributed by atoms with Gasteiger partial charge in [0.15, 0.2) is 5.13 Å². The van der Waals surface area contributed by atoms with Crippen molar-refractivity contribution in [3.8, 4) is 0 Å². The van der Waals surface area contributed by atoms with Gasteiger partial charge in [0.1, 0.15) is 0 Å². The lowest BCUT2D eigenvalue weighted by molar-refractivity contribution is -0.137. The van der Waals surface area contributed by atoms with E-state index >= 15 is 0 Å². The highest BCUT2D eigenvalue weighted by Gasteiger charge is 2.30. The molecule has 0 atom stereocenters. The number of benzene rings is 1. The van der Waals surface area contributed by atoms with Crippen molar-refractivity contribution >= 4 is 22.4 Å². The molecule has 8 heteroatoms. The van der Waals surface area contributed by atoms with E-state index in [0.717, 1.165) is 22.6 Å². The van der Waals surface area contributed by atoms with Crippen molar-refractivity contribution in [2.75, 3.05) is 5.32 Å². The van der Waals surface area contributed by atoms with Crippen molar-refractivity contribution in [3.05, 3.63) is 76.6 Å². The van der Waals surface area contributed by atoms with Gasteiger partial charge >= 0.3 is 6.18 Å². The van der Waals surface area contributed by atoms with Crippen LogP contribution in [0.25, 0.3) is 0 Å². The molecule has 0 unspecified atom stereocenters. The van der Waals surface area contributed by atoms with E-state index in [-0.39, 0.29) is 5.91 Å². The second kappa shape index (κ2) is 8.30. The van der Waals surface area contributed by atoms with Gasteiger partial charge in [-0.1, -0.05) is 24.3 Å². The Morgan fingerprint density at radius 3 is 2.67 bits per heavy atom. The molecule has 0 saturated heterocycles. The number of amides is 1. The third-order valence-electron chi connectivity index (χ3n) is 3.80. The lowest BCUT2D eigenvalue weighted by Gasteiger charge is -2.07. The molecule has 1 aromatic carbocycles. The number of hydrogen-bond donors (Lipinski definition) is 1. The monoisotopic (exact) mass is 391 g/mol. The Balaban J connectivity index is 1.56. The Morgan fingerprint density at radius 1 is 1.11 bits per heavy atom. The first-order valence-corrected chi connectivity index (χ1v) is 9.01. The highest BCUT2D eigenvalue weighted by Crippen LogP contribution is 2.30. The first kappa shape index (κ1) is 19.0. The van der Waals surface area contributed by atoms with E-state index in [1.807, 2.05) is 12.1 Å². The van der Waals surface area contributed by atoms with E-state index in [2.05, 4.69) is 15.3 Å². The summed E-state index contributed by atoms with van der Waals surface area (Å²) >= 11 is 1.25. The molecule has 4 nitrogen and oxygen atoms in total. The summed E-state index contributed by atoms with van der Waals surface area (Å²) in [5.74, 6) is -0.168. The number of thiazole rings is 1. The summed E-state index contributed by atoms with van der Waals surface area (Å²) in [6.07, 6.45) is 1.79. The molecule has 0 fully saturated rings. The van der Waals surface area contributed by atoms with Crippen molar-refractivity contribution in [1.29, 1.82) is 0 Å². The summed E-state index contributed by atoms with van der Waals surface area (Å²) in [4.78, 5) is 20.9. The lowest BCUT2D eigenvalue weighted by Crippen LogP contribution is -2.12. The van der Waals surface area contributed by atoms with Crippen LogP contribution in [0.15, 0.2) is 55.0 Å². The van der Waals surface area contributed by atoms with Crippen molar-refractivity contribution in [2.45, 2.75) is 25.4 Å². The summed E-state index contributed by atoms with van der Waals surface area (Å²) in [5.41, 5.74) is 0.841. The molecule has 0 aliphatic heterocycles. The number of aryl methyl sites for hydroxylation is 1. The van der Waals surface area contributed by atoms with Crippen LogP contribution in [0.2, 0.25) is 0 Å². The second-order valence-electron chi connectivity index (χ2n) is 5.92. The minimum Gasteiger partial charge on any atom is -0.302 e. The highest BCUT2D eigenvalue weighted by atomic mass is 32.1. The van der Waals surface area contributed by atoms with E-state index in [4.69, 9.17) is 0 Å². The van der Waals surface area contributed by atoms with Crippen LogP contribution >= 0.6 is 11.3 Å². The number of carbonyl (C=O) groups is 1. The first-order valence-electron chi connectivity index (χ1n) is 8.20. The Bertz CT molecular complexity index is 910. The smallest absolute Gasteiger partial charge is 0.302 e. The molecular formula is C19H16F3N3OS. The average Bonchev–Trinajstić information content (AvgIpc) is 3.07. The number of halogens is 3. The van der Waals surface area contributed by atoms with Gasteiger partial charge in [0, 0.05) is 36.3 Å². The van der Waals surface area contributed by atoms with Gasteiger partial charge in [-0.2, -0.15) is 13.2 Å². The SMILES string of the molecule is O=C(CCc1cccnc1)Nc1ncc(Cc2cccc(C(F)(F)F)c2)s1. The lowest BCUT2D eigenvalue weighted by atomic mass is 10.1. The number of nitrogens with zero attached hydrogens (tertiary/aromatic N) is 2. The molecule has 1 amide bonds. The Labute approximate surface area is 158 Å². The quantitative estimate of drug-likeness (QED) is 0.662. The molecule has 0 radical (unpaired) electrons. The van der Waals surface area contributed by atoms with Crippen molar-refractivity contribution in [1.82, 2.24) is 9.97 Å². The molecule has 0 saturated carbocycles. The molecule has 0 aliphatic rings. The standard InChI is InChI=1S/C19H16F3N3OS/c20-19(21,22)15-5-1-3-14(9-15)10-16-12-24-18(27-16)25-17(26)7-6-13-4-2-8-23-11-13/h1-5,8-9,11-12H,6-7,10H2,(H,24,25,26). The molecule has 0 spiro atoms. The zero-order valence-corrected chi connectivity index (χ0v) is 15.0. The maximum Gasteiger partial charge on any atom is 0.416 e. The van der Waals surface area contributed by atoms with Gasteiger partial charge in [0.25, 0.3) is 0 Å². The fourth-order valence-electron chi connectivity index (χ4n) is 2.49.